The lowest BCUT2D eigenvalue weighted by molar-refractivity contribution is -0.130. The summed E-state index contributed by atoms with van der Waals surface area (Å²) >= 11 is 0. The zero-order chi connectivity index (χ0) is 15.1. The fourth-order valence-corrected chi connectivity index (χ4v) is 2.53. The molecule has 1 amide bonds. The Hall–Kier alpha value is -2.06. The monoisotopic (exact) mass is 287 g/mol. The molecule has 2 rings (SSSR count). The van der Waals surface area contributed by atoms with Crippen molar-refractivity contribution in [3.8, 4) is 5.75 Å². The van der Waals surface area contributed by atoms with Crippen molar-refractivity contribution >= 4 is 5.91 Å². The van der Waals surface area contributed by atoms with Crippen LogP contribution in [0.25, 0.3) is 4.85 Å². The normalized spacial score (nSPS) is 17.5. The van der Waals surface area contributed by atoms with Gasteiger partial charge in [0.15, 0.2) is 0 Å². The van der Waals surface area contributed by atoms with Crippen LogP contribution in [-0.2, 0) is 11.2 Å². The van der Waals surface area contributed by atoms with E-state index >= 15 is 0 Å². The van der Waals surface area contributed by atoms with Crippen LogP contribution in [0.1, 0.15) is 18.4 Å². The fraction of sp³-hybridized carbons (Fsp3) is 0.500. The second-order valence-corrected chi connectivity index (χ2v) is 5.12. The first kappa shape index (κ1) is 15.3. The molecule has 0 radical (unpaired) electrons. The predicted octanol–water partition coefficient (Wildman–Crippen LogP) is 1.70. The number of likely N-dealkylation sites (tertiary alicyclic amines) is 1. The molecule has 1 atom stereocenters. The highest BCUT2D eigenvalue weighted by Gasteiger charge is 2.32. The molecule has 5 heteroatoms. The van der Waals surface area contributed by atoms with Crippen LogP contribution < -0.4 is 10.1 Å². The second-order valence-electron chi connectivity index (χ2n) is 5.12. The van der Waals surface area contributed by atoms with Crippen molar-refractivity contribution in [2.75, 3.05) is 26.7 Å². The number of amides is 1. The van der Waals surface area contributed by atoms with Crippen LogP contribution >= 0.6 is 0 Å². The first-order valence-electron chi connectivity index (χ1n) is 7.24. The average molecular weight is 287 g/mol. The number of benzene rings is 1. The first-order chi connectivity index (χ1) is 10.2. The lowest BCUT2D eigenvalue weighted by Crippen LogP contribution is -2.40. The summed E-state index contributed by atoms with van der Waals surface area (Å²) in [5.74, 6) is 0.875. The molecule has 1 aliphatic rings. The van der Waals surface area contributed by atoms with Gasteiger partial charge in [0.1, 0.15) is 5.75 Å². The van der Waals surface area contributed by atoms with Gasteiger partial charge in [0.2, 0.25) is 5.91 Å². The van der Waals surface area contributed by atoms with Crippen molar-refractivity contribution < 1.29 is 9.53 Å². The molecule has 0 aliphatic carbocycles. The van der Waals surface area contributed by atoms with Crippen molar-refractivity contribution in [1.82, 2.24) is 10.2 Å². The van der Waals surface area contributed by atoms with Crippen LogP contribution in [0.3, 0.4) is 0 Å². The molecule has 0 aromatic heterocycles. The van der Waals surface area contributed by atoms with Crippen LogP contribution in [0, 0.1) is 6.57 Å². The van der Waals surface area contributed by atoms with E-state index < -0.39 is 0 Å². The molecule has 1 aliphatic heterocycles. The maximum atomic E-state index is 12.0. The molecule has 1 aromatic rings. The van der Waals surface area contributed by atoms with Crippen LogP contribution in [0.15, 0.2) is 24.3 Å². The third-order valence-electron chi connectivity index (χ3n) is 3.69. The van der Waals surface area contributed by atoms with Crippen molar-refractivity contribution in [2.45, 2.75) is 25.4 Å². The molecule has 0 saturated carbocycles. The summed E-state index contributed by atoms with van der Waals surface area (Å²) < 4.78 is 5.18. The van der Waals surface area contributed by atoms with Gasteiger partial charge in [-0.05, 0) is 37.1 Å². The first-order valence-corrected chi connectivity index (χ1v) is 7.24. The van der Waals surface area contributed by atoms with E-state index in [1.807, 2.05) is 24.3 Å². The number of nitrogens with one attached hydrogen (secondary N) is 1. The van der Waals surface area contributed by atoms with Gasteiger partial charge in [0, 0.05) is 13.0 Å². The largest absolute Gasteiger partial charge is 0.497 e. The molecule has 5 nitrogen and oxygen atoms in total. The van der Waals surface area contributed by atoms with Gasteiger partial charge in [-0.3, -0.25) is 14.5 Å². The number of carbonyl (C=O) groups excluding carboxylic acids is 1. The zero-order valence-electron chi connectivity index (χ0n) is 12.3. The van der Waals surface area contributed by atoms with Gasteiger partial charge in [-0.25, -0.2) is 6.57 Å². The molecule has 0 spiro atoms. The third-order valence-corrected chi connectivity index (χ3v) is 3.69. The van der Waals surface area contributed by atoms with Gasteiger partial charge in [-0.2, -0.15) is 0 Å². The van der Waals surface area contributed by atoms with Gasteiger partial charge in [0.05, 0.1) is 13.7 Å². The second kappa shape index (κ2) is 7.65. The lowest BCUT2D eigenvalue weighted by atomic mass is 10.1. The number of nitrogens with zero attached hydrogens (tertiary/aromatic N) is 2. The Balaban J connectivity index is 1.72. The van der Waals surface area contributed by atoms with E-state index in [1.54, 1.807) is 12.0 Å². The molecule has 1 heterocycles. The van der Waals surface area contributed by atoms with E-state index in [-0.39, 0.29) is 12.1 Å². The molecular formula is C16H21N3O2. The van der Waals surface area contributed by atoms with Crippen molar-refractivity contribution in [3.05, 3.63) is 41.2 Å². The van der Waals surface area contributed by atoms with Gasteiger partial charge in [0.25, 0.3) is 0 Å². The number of rotatable bonds is 6. The van der Waals surface area contributed by atoms with Gasteiger partial charge in [-0.1, -0.05) is 12.1 Å². The summed E-state index contributed by atoms with van der Waals surface area (Å²) in [5, 5.41) is 3.16. The smallest absolute Gasteiger partial charge is 0.300 e. The Morgan fingerprint density at radius 3 is 3.19 bits per heavy atom. The molecule has 0 bridgehead atoms. The number of ether oxygens (including phenoxy) is 1. The number of carbonyl (C=O) groups is 1. The maximum Gasteiger partial charge on any atom is 0.300 e. The SMILES string of the molecule is [C-]#[N+][C@@H]1CCCN1C(=O)CNCCc1cccc(OC)c1. The molecule has 0 unspecified atom stereocenters. The minimum atomic E-state index is -0.252. The Morgan fingerprint density at radius 1 is 1.57 bits per heavy atom. The molecule has 1 saturated heterocycles. The Labute approximate surface area is 125 Å². The summed E-state index contributed by atoms with van der Waals surface area (Å²) in [6, 6.07) is 7.92. The summed E-state index contributed by atoms with van der Waals surface area (Å²) in [4.78, 5) is 17.2. The lowest BCUT2D eigenvalue weighted by Gasteiger charge is -2.16. The minimum Gasteiger partial charge on any atom is -0.497 e. The van der Waals surface area contributed by atoms with Crippen LogP contribution in [0.2, 0.25) is 0 Å². The number of hydrogen-bond donors (Lipinski definition) is 1. The molecule has 112 valence electrons. The molecule has 21 heavy (non-hydrogen) atoms. The highest BCUT2D eigenvalue weighted by molar-refractivity contribution is 5.79. The van der Waals surface area contributed by atoms with Crippen molar-refractivity contribution in [3.63, 3.8) is 0 Å². The highest BCUT2D eigenvalue weighted by atomic mass is 16.5. The average Bonchev–Trinajstić information content (AvgIpc) is 3.00. The van der Waals surface area contributed by atoms with Crippen LogP contribution in [-0.4, -0.2) is 43.7 Å². The van der Waals surface area contributed by atoms with Gasteiger partial charge >= 0.3 is 6.17 Å². The fourth-order valence-electron chi connectivity index (χ4n) is 2.53. The number of hydrogen-bond acceptors (Lipinski definition) is 3. The van der Waals surface area contributed by atoms with Gasteiger partial charge in [-0.15, -0.1) is 0 Å². The number of methoxy groups -OCH3 is 1. The summed E-state index contributed by atoms with van der Waals surface area (Å²) in [6.07, 6.45) is 2.33. The predicted molar refractivity (Wildman–Crippen MR) is 80.9 cm³/mol. The van der Waals surface area contributed by atoms with E-state index in [1.165, 1.54) is 5.56 Å². The van der Waals surface area contributed by atoms with E-state index in [9.17, 15) is 4.79 Å². The maximum absolute atomic E-state index is 12.0. The Kier molecular flexibility index (Phi) is 5.59. The summed E-state index contributed by atoms with van der Waals surface area (Å²) in [5.41, 5.74) is 1.18. The molecule has 1 aromatic carbocycles. The van der Waals surface area contributed by atoms with Crippen LogP contribution in [0.5, 0.6) is 5.75 Å². The third kappa shape index (κ3) is 4.20. The highest BCUT2D eigenvalue weighted by Crippen LogP contribution is 2.17. The summed E-state index contributed by atoms with van der Waals surface area (Å²) in [7, 11) is 1.65. The van der Waals surface area contributed by atoms with E-state index in [2.05, 4.69) is 10.2 Å². The van der Waals surface area contributed by atoms with Crippen molar-refractivity contribution in [2.24, 2.45) is 0 Å². The van der Waals surface area contributed by atoms with Crippen LogP contribution in [0.4, 0.5) is 0 Å². The van der Waals surface area contributed by atoms with Gasteiger partial charge < -0.3 is 10.1 Å². The quantitative estimate of drug-likeness (QED) is 0.640. The van der Waals surface area contributed by atoms with E-state index in [4.69, 9.17) is 11.3 Å². The van der Waals surface area contributed by atoms with Crippen molar-refractivity contribution in [1.29, 1.82) is 0 Å². The topological polar surface area (TPSA) is 45.9 Å². The Bertz CT molecular complexity index is 524. The molecule has 1 N–H and O–H groups in total. The van der Waals surface area contributed by atoms with E-state index in [0.717, 1.165) is 31.6 Å². The summed E-state index contributed by atoms with van der Waals surface area (Å²) in [6.45, 7) is 8.83. The zero-order valence-corrected chi connectivity index (χ0v) is 12.3. The molecule has 1 fully saturated rings. The Morgan fingerprint density at radius 2 is 2.43 bits per heavy atom. The molecular weight excluding hydrogens is 266 g/mol. The standard InChI is InChI=1S/C16H21N3O2/c1-17-15-7-4-10-19(15)16(20)12-18-9-8-13-5-3-6-14(11-13)21-2/h3,5-6,11,15,18H,4,7-10,12H2,2H3/t15-/m0/s1. The van der Waals surface area contributed by atoms with E-state index in [0.29, 0.717) is 13.1 Å². The minimum absolute atomic E-state index is 0.0270.